The van der Waals surface area contributed by atoms with Gasteiger partial charge < -0.3 is 27.5 Å². The standard InChI is InChI=1S/C12H26O5Si.C8H13O2/c1-4-15-18(16-5-2,17-6-3)9-7-8-13-10-12-11-14-12;1-4-7(5-2)10-8(9)6-3/h12H,4-11H2,1-3H3;6-7H,1,3-5H2,2H3. The maximum absolute atomic E-state index is 10.6. The highest BCUT2D eigenvalue weighted by atomic mass is 28.4. The summed E-state index contributed by atoms with van der Waals surface area (Å²) in [5.41, 5.74) is 0. The van der Waals surface area contributed by atoms with Crippen LogP contribution in [0, 0.1) is 6.92 Å². The molecule has 0 bridgehead atoms. The molecule has 2 atom stereocenters. The Balaban J connectivity index is 0.000000621. The third kappa shape index (κ3) is 13.4. The first-order chi connectivity index (χ1) is 13.5. The van der Waals surface area contributed by atoms with Crippen molar-refractivity contribution in [1.29, 1.82) is 0 Å². The minimum atomic E-state index is -2.47. The van der Waals surface area contributed by atoms with E-state index >= 15 is 0 Å². The van der Waals surface area contributed by atoms with Gasteiger partial charge in [0.05, 0.1) is 13.2 Å². The summed E-state index contributed by atoms with van der Waals surface area (Å²) >= 11 is 0. The van der Waals surface area contributed by atoms with Gasteiger partial charge in [-0.15, -0.1) is 0 Å². The maximum atomic E-state index is 10.6. The first kappa shape index (κ1) is 27.2. The van der Waals surface area contributed by atoms with Crippen molar-refractivity contribution >= 4 is 14.8 Å². The van der Waals surface area contributed by atoms with Crippen LogP contribution < -0.4 is 0 Å². The summed E-state index contributed by atoms with van der Waals surface area (Å²) in [6.07, 6.45) is 3.78. The molecule has 165 valence electrons. The van der Waals surface area contributed by atoms with Gasteiger partial charge in [-0.05, 0) is 47.0 Å². The average molecular weight is 420 g/mol. The first-order valence-electron chi connectivity index (χ1n) is 10.2. The Morgan fingerprint density at radius 2 is 1.75 bits per heavy atom. The zero-order chi connectivity index (χ0) is 21.3. The van der Waals surface area contributed by atoms with Gasteiger partial charge in [-0.3, -0.25) is 0 Å². The van der Waals surface area contributed by atoms with Crippen molar-refractivity contribution in [2.75, 3.05) is 39.6 Å². The van der Waals surface area contributed by atoms with Crippen LogP contribution in [0.15, 0.2) is 12.7 Å². The van der Waals surface area contributed by atoms with Gasteiger partial charge in [0.25, 0.3) is 0 Å². The minimum absolute atomic E-state index is 0.0505. The molecule has 7 nitrogen and oxygen atoms in total. The summed E-state index contributed by atoms with van der Waals surface area (Å²) in [6, 6.07) is 0.814. The van der Waals surface area contributed by atoms with Crippen LogP contribution in [-0.2, 0) is 32.3 Å². The van der Waals surface area contributed by atoms with Crippen molar-refractivity contribution in [2.45, 2.75) is 65.2 Å². The quantitative estimate of drug-likeness (QED) is 0.124. The predicted octanol–water partition coefficient (Wildman–Crippen LogP) is 3.56. The maximum Gasteiger partial charge on any atom is 0.501 e. The van der Waals surface area contributed by atoms with Crippen molar-refractivity contribution in [2.24, 2.45) is 0 Å². The molecule has 1 saturated heterocycles. The molecule has 0 saturated carbocycles. The second-order valence-electron chi connectivity index (χ2n) is 6.08. The number of carbonyl (C=O) groups excluding carboxylic acids is 1. The smallest absolute Gasteiger partial charge is 0.459 e. The lowest BCUT2D eigenvalue weighted by Crippen LogP contribution is -2.46. The molecular formula is C20H39O7Si. The molecule has 1 rings (SSSR count). The number of epoxide rings is 1. The molecule has 0 aliphatic carbocycles. The Morgan fingerprint density at radius 3 is 2.14 bits per heavy atom. The number of esters is 1. The van der Waals surface area contributed by atoms with Gasteiger partial charge in [0.15, 0.2) is 0 Å². The summed E-state index contributed by atoms with van der Waals surface area (Å²) in [6.45, 7) is 18.9. The fourth-order valence-corrected chi connectivity index (χ4v) is 4.91. The van der Waals surface area contributed by atoms with Gasteiger partial charge >= 0.3 is 14.8 Å². The molecule has 0 aromatic rings. The Bertz CT molecular complexity index is 381. The summed E-state index contributed by atoms with van der Waals surface area (Å²) in [5.74, 6) is -0.365. The van der Waals surface area contributed by atoms with E-state index in [9.17, 15) is 4.79 Å². The zero-order valence-corrected chi connectivity index (χ0v) is 19.1. The highest BCUT2D eigenvalue weighted by Gasteiger charge is 2.39. The van der Waals surface area contributed by atoms with Gasteiger partial charge in [0.2, 0.25) is 0 Å². The molecule has 1 radical (unpaired) electrons. The van der Waals surface area contributed by atoms with Crippen molar-refractivity contribution in [1.82, 2.24) is 0 Å². The minimum Gasteiger partial charge on any atom is -0.459 e. The van der Waals surface area contributed by atoms with Crippen molar-refractivity contribution in [3.05, 3.63) is 19.6 Å². The van der Waals surface area contributed by atoms with Crippen LogP contribution in [0.3, 0.4) is 0 Å². The van der Waals surface area contributed by atoms with E-state index in [1.54, 1.807) is 0 Å². The van der Waals surface area contributed by atoms with Gasteiger partial charge in [0, 0.05) is 38.5 Å². The summed E-state index contributed by atoms with van der Waals surface area (Å²) < 4.78 is 32.8. The molecule has 1 fully saturated rings. The summed E-state index contributed by atoms with van der Waals surface area (Å²) in [7, 11) is -2.47. The summed E-state index contributed by atoms with van der Waals surface area (Å²) in [4.78, 5) is 10.6. The Kier molecular flexibility index (Phi) is 16.6. The van der Waals surface area contributed by atoms with Gasteiger partial charge in [-0.1, -0.05) is 13.5 Å². The largest absolute Gasteiger partial charge is 0.501 e. The molecule has 28 heavy (non-hydrogen) atoms. The van der Waals surface area contributed by atoms with E-state index in [2.05, 4.69) is 13.5 Å². The molecule has 1 aliphatic heterocycles. The average Bonchev–Trinajstić information content (AvgIpc) is 3.51. The molecule has 1 heterocycles. The zero-order valence-electron chi connectivity index (χ0n) is 18.1. The van der Waals surface area contributed by atoms with Crippen LogP contribution in [0.1, 0.15) is 47.0 Å². The third-order valence-electron chi connectivity index (χ3n) is 3.80. The van der Waals surface area contributed by atoms with E-state index in [0.717, 1.165) is 25.5 Å². The number of rotatable bonds is 16. The van der Waals surface area contributed by atoms with E-state index in [1.165, 1.54) is 6.08 Å². The van der Waals surface area contributed by atoms with Crippen molar-refractivity contribution < 1.29 is 32.3 Å². The molecular weight excluding hydrogens is 380 g/mol. The fourth-order valence-electron chi connectivity index (χ4n) is 2.33. The molecule has 2 unspecified atom stereocenters. The second-order valence-corrected chi connectivity index (χ2v) is 8.81. The lowest BCUT2D eigenvalue weighted by atomic mass is 10.2. The number of carbonyl (C=O) groups is 1. The van der Waals surface area contributed by atoms with Crippen LogP contribution in [0.5, 0.6) is 0 Å². The predicted molar refractivity (Wildman–Crippen MR) is 111 cm³/mol. The Labute approximate surface area is 172 Å². The molecule has 1 aliphatic rings. The van der Waals surface area contributed by atoms with Gasteiger partial charge in [0.1, 0.15) is 12.2 Å². The van der Waals surface area contributed by atoms with Crippen LogP contribution in [-0.4, -0.2) is 66.6 Å². The van der Waals surface area contributed by atoms with E-state index in [-0.39, 0.29) is 12.1 Å². The van der Waals surface area contributed by atoms with Crippen molar-refractivity contribution in [3.8, 4) is 0 Å². The van der Waals surface area contributed by atoms with Crippen molar-refractivity contribution in [3.63, 3.8) is 0 Å². The van der Waals surface area contributed by atoms with Crippen LogP contribution in [0.2, 0.25) is 6.04 Å². The Hall–Kier alpha value is -0.773. The summed E-state index contributed by atoms with van der Waals surface area (Å²) in [5, 5.41) is 0. The topological polar surface area (TPSA) is 75.8 Å². The highest BCUT2D eigenvalue weighted by molar-refractivity contribution is 6.60. The van der Waals surface area contributed by atoms with Gasteiger partial charge in [-0.25, -0.2) is 4.79 Å². The SMILES string of the molecule is CCO[Si](CCCOCC1CO1)(OCC)OCC.[CH2]CC(CC)OC(=O)C=C. The first-order valence-corrected chi connectivity index (χ1v) is 12.2. The second kappa shape index (κ2) is 17.1. The van der Waals surface area contributed by atoms with E-state index in [0.29, 0.717) is 45.6 Å². The number of ether oxygens (including phenoxy) is 3. The molecule has 0 aromatic carbocycles. The lowest BCUT2D eigenvalue weighted by Gasteiger charge is -2.28. The van der Waals surface area contributed by atoms with E-state index in [1.807, 2.05) is 27.7 Å². The van der Waals surface area contributed by atoms with Crippen LogP contribution >= 0.6 is 0 Å². The number of hydrogen-bond acceptors (Lipinski definition) is 7. The van der Waals surface area contributed by atoms with E-state index < -0.39 is 8.80 Å². The van der Waals surface area contributed by atoms with Crippen LogP contribution in [0.25, 0.3) is 0 Å². The number of hydrogen-bond donors (Lipinski definition) is 0. The lowest BCUT2D eigenvalue weighted by molar-refractivity contribution is -0.142. The van der Waals surface area contributed by atoms with E-state index in [4.69, 9.17) is 27.5 Å². The highest BCUT2D eigenvalue weighted by Crippen LogP contribution is 2.18. The van der Waals surface area contributed by atoms with Gasteiger partial charge in [-0.2, -0.15) is 0 Å². The Morgan fingerprint density at radius 1 is 1.18 bits per heavy atom. The third-order valence-corrected chi connectivity index (χ3v) is 6.95. The molecule has 0 amide bonds. The molecule has 0 N–H and O–H groups in total. The molecule has 0 aromatic heterocycles. The molecule has 8 heteroatoms. The van der Waals surface area contributed by atoms with Crippen LogP contribution in [0.4, 0.5) is 0 Å². The molecule has 0 spiro atoms. The normalized spacial score (nSPS) is 15.7. The fraction of sp³-hybridized carbons (Fsp3) is 0.800. The monoisotopic (exact) mass is 419 g/mol.